The van der Waals surface area contributed by atoms with Crippen LogP contribution in [0.3, 0.4) is 0 Å². The zero-order chi connectivity index (χ0) is 20.8. The normalized spacial score (nSPS) is 19.9. The van der Waals surface area contributed by atoms with Gasteiger partial charge in [0.25, 0.3) is 11.8 Å². The molecule has 2 aliphatic rings. The van der Waals surface area contributed by atoms with Gasteiger partial charge in [-0.25, -0.2) is 0 Å². The van der Waals surface area contributed by atoms with E-state index in [2.05, 4.69) is 12.1 Å². The first-order chi connectivity index (χ1) is 13.8. The number of fused-ring (bicyclic) bond motifs is 2. The van der Waals surface area contributed by atoms with Crippen molar-refractivity contribution in [3.05, 3.63) is 70.3 Å². The molecule has 0 saturated carbocycles. The molecule has 0 N–H and O–H groups in total. The second-order valence-electron chi connectivity index (χ2n) is 8.48. The maximum absolute atomic E-state index is 13.0. The molecule has 1 saturated heterocycles. The van der Waals surface area contributed by atoms with Gasteiger partial charge in [0.2, 0.25) is 0 Å². The van der Waals surface area contributed by atoms with E-state index in [-0.39, 0.29) is 11.8 Å². The Hall–Kier alpha value is -2.66. The average Bonchev–Trinajstić information content (AvgIpc) is 3.01. The van der Waals surface area contributed by atoms with Crippen molar-refractivity contribution in [2.24, 2.45) is 0 Å². The number of hydrogen-bond acceptors (Lipinski definition) is 3. The monoisotopic (exact) mass is 392 g/mol. The van der Waals surface area contributed by atoms with Crippen LogP contribution >= 0.6 is 0 Å². The highest BCUT2D eigenvalue weighted by atomic mass is 16.5. The van der Waals surface area contributed by atoms with Crippen LogP contribution in [0.2, 0.25) is 0 Å². The molecule has 1 fully saturated rings. The van der Waals surface area contributed by atoms with Crippen molar-refractivity contribution in [2.75, 3.05) is 27.2 Å². The van der Waals surface area contributed by atoms with Crippen molar-refractivity contribution in [3.63, 3.8) is 0 Å². The molecule has 0 aromatic heterocycles. The molecular formula is C24H28N2O3. The zero-order valence-electron chi connectivity index (χ0n) is 17.6. The fraction of sp³-hybridized carbons (Fsp3) is 0.417. The van der Waals surface area contributed by atoms with Gasteiger partial charge in [-0.3, -0.25) is 9.59 Å². The number of aryl methyl sites for hydroxylation is 2. The Labute approximate surface area is 172 Å². The summed E-state index contributed by atoms with van der Waals surface area (Å²) >= 11 is 0. The molecule has 5 heteroatoms. The lowest BCUT2D eigenvalue weighted by Crippen LogP contribution is -2.45. The molecular weight excluding hydrogens is 364 g/mol. The topological polar surface area (TPSA) is 49.9 Å². The SMILES string of the molecule is Cc1cc(C)cc(C(=O)N2CCC3(CC2)O[C@H](C(=O)N(C)C)c2ccccc23)c1. The number of rotatable bonds is 2. The van der Waals surface area contributed by atoms with Crippen LogP contribution in [0.15, 0.2) is 42.5 Å². The van der Waals surface area contributed by atoms with E-state index < -0.39 is 11.7 Å². The summed E-state index contributed by atoms with van der Waals surface area (Å²) in [5, 5.41) is 0. The summed E-state index contributed by atoms with van der Waals surface area (Å²) in [6.07, 6.45) is 0.818. The first-order valence-electron chi connectivity index (χ1n) is 10.2. The summed E-state index contributed by atoms with van der Waals surface area (Å²) in [7, 11) is 3.51. The van der Waals surface area contributed by atoms with Crippen LogP contribution in [0.4, 0.5) is 0 Å². The lowest BCUT2D eigenvalue weighted by atomic mass is 9.83. The fourth-order valence-corrected chi connectivity index (χ4v) is 4.65. The molecule has 29 heavy (non-hydrogen) atoms. The van der Waals surface area contributed by atoms with Crippen molar-refractivity contribution >= 4 is 11.8 Å². The standard InChI is InChI=1S/C24H28N2O3/c1-16-13-17(2)15-18(14-16)22(27)26-11-9-24(10-12-26)20-8-6-5-7-19(20)21(29-24)23(28)25(3)4/h5-8,13-15,21H,9-12H2,1-4H3/t21-/m0/s1. The molecule has 2 aliphatic heterocycles. The molecule has 5 nitrogen and oxygen atoms in total. The zero-order valence-corrected chi connectivity index (χ0v) is 17.6. The second kappa shape index (κ2) is 7.30. The van der Waals surface area contributed by atoms with E-state index in [1.165, 1.54) is 0 Å². The van der Waals surface area contributed by atoms with Crippen molar-refractivity contribution in [2.45, 2.75) is 38.4 Å². The van der Waals surface area contributed by atoms with E-state index in [0.717, 1.165) is 27.8 Å². The number of carbonyl (C=O) groups excluding carboxylic acids is 2. The van der Waals surface area contributed by atoms with Crippen LogP contribution in [0, 0.1) is 13.8 Å². The minimum atomic E-state index is -0.567. The maximum Gasteiger partial charge on any atom is 0.255 e. The van der Waals surface area contributed by atoms with E-state index >= 15 is 0 Å². The number of likely N-dealkylation sites (N-methyl/N-ethyl adjacent to an activating group) is 1. The number of amides is 2. The van der Waals surface area contributed by atoms with Gasteiger partial charge in [0.05, 0.1) is 5.60 Å². The van der Waals surface area contributed by atoms with Crippen LogP contribution in [0.25, 0.3) is 0 Å². The van der Waals surface area contributed by atoms with E-state index in [1.54, 1.807) is 19.0 Å². The lowest BCUT2D eigenvalue weighted by Gasteiger charge is -2.39. The van der Waals surface area contributed by atoms with Gasteiger partial charge in [0, 0.05) is 32.7 Å². The molecule has 4 rings (SSSR count). The van der Waals surface area contributed by atoms with E-state index in [4.69, 9.17) is 4.74 Å². The van der Waals surface area contributed by atoms with Crippen LogP contribution in [0.1, 0.15) is 51.6 Å². The smallest absolute Gasteiger partial charge is 0.255 e. The minimum Gasteiger partial charge on any atom is -0.352 e. The molecule has 0 aliphatic carbocycles. The van der Waals surface area contributed by atoms with Crippen LogP contribution in [0.5, 0.6) is 0 Å². The predicted molar refractivity (Wildman–Crippen MR) is 112 cm³/mol. The highest BCUT2D eigenvalue weighted by molar-refractivity contribution is 5.94. The quantitative estimate of drug-likeness (QED) is 0.785. The third-order valence-corrected chi connectivity index (χ3v) is 6.07. The third-order valence-electron chi connectivity index (χ3n) is 6.07. The molecule has 2 aromatic rings. The Balaban J connectivity index is 1.56. The van der Waals surface area contributed by atoms with Crippen LogP contribution < -0.4 is 0 Å². The van der Waals surface area contributed by atoms with Gasteiger partial charge in [0.15, 0.2) is 6.10 Å². The summed E-state index contributed by atoms with van der Waals surface area (Å²) in [5.41, 5.74) is 4.50. The molecule has 0 radical (unpaired) electrons. The summed E-state index contributed by atoms with van der Waals surface area (Å²) in [5.74, 6) is 0.0296. The van der Waals surface area contributed by atoms with Gasteiger partial charge in [0.1, 0.15) is 0 Å². The van der Waals surface area contributed by atoms with Crippen molar-refractivity contribution in [1.29, 1.82) is 0 Å². The number of benzene rings is 2. The Morgan fingerprint density at radius 2 is 1.66 bits per heavy atom. The Kier molecular flexibility index (Phi) is 4.95. The van der Waals surface area contributed by atoms with Crippen LogP contribution in [-0.4, -0.2) is 48.8 Å². The summed E-state index contributed by atoms with van der Waals surface area (Å²) in [4.78, 5) is 29.2. The fourth-order valence-electron chi connectivity index (χ4n) is 4.65. The molecule has 1 atom stereocenters. The molecule has 0 unspecified atom stereocenters. The number of hydrogen-bond donors (Lipinski definition) is 0. The summed E-state index contributed by atoms with van der Waals surface area (Å²) in [6.45, 7) is 5.26. The van der Waals surface area contributed by atoms with E-state index in [9.17, 15) is 9.59 Å². The minimum absolute atomic E-state index is 0.0388. The first-order valence-corrected chi connectivity index (χ1v) is 10.2. The van der Waals surface area contributed by atoms with Gasteiger partial charge in [-0.2, -0.15) is 0 Å². The van der Waals surface area contributed by atoms with Crippen LogP contribution in [-0.2, 0) is 15.1 Å². The number of piperidine rings is 1. The van der Waals surface area contributed by atoms with Gasteiger partial charge in [-0.05, 0) is 49.9 Å². The van der Waals surface area contributed by atoms with Crippen molar-refractivity contribution < 1.29 is 14.3 Å². The van der Waals surface area contributed by atoms with Gasteiger partial charge >= 0.3 is 0 Å². The second-order valence-corrected chi connectivity index (χ2v) is 8.48. The van der Waals surface area contributed by atoms with E-state index in [1.807, 2.05) is 49.1 Å². The molecule has 2 aromatic carbocycles. The maximum atomic E-state index is 13.0. The van der Waals surface area contributed by atoms with Crippen molar-refractivity contribution in [1.82, 2.24) is 9.80 Å². The number of ether oxygens (including phenoxy) is 1. The van der Waals surface area contributed by atoms with Gasteiger partial charge in [-0.1, -0.05) is 41.5 Å². The largest absolute Gasteiger partial charge is 0.352 e. The molecule has 2 amide bonds. The molecule has 2 heterocycles. The number of carbonyl (C=O) groups is 2. The number of nitrogens with zero attached hydrogens (tertiary/aromatic N) is 2. The third kappa shape index (κ3) is 3.44. The predicted octanol–water partition coefficient (Wildman–Crippen LogP) is 3.59. The lowest BCUT2D eigenvalue weighted by molar-refractivity contribution is -0.157. The number of likely N-dealkylation sites (tertiary alicyclic amines) is 1. The Morgan fingerprint density at radius 1 is 1.03 bits per heavy atom. The molecule has 1 spiro atoms. The summed E-state index contributed by atoms with van der Waals surface area (Å²) in [6, 6.07) is 14.0. The van der Waals surface area contributed by atoms with E-state index in [0.29, 0.717) is 25.9 Å². The first kappa shape index (κ1) is 19.6. The van der Waals surface area contributed by atoms with Gasteiger partial charge in [-0.15, -0.1) is 0 Å². The summed E-state index contributed by atoms with van der Waals surface area (Å²) < 4.78 is 6.43. The van der Waals surface area contributed by atoms with Gasteiger partial charge < -0.3 is 14.5 Å². The molecule has 0 bridgehead atoms. The highest BCUT2D eigenvalue weighted by Crippen LogP contribution is 2.49. The van der Waals surface area contributed by atoms with Crippen molar-refractivity contribution in [3.8, 4) is 0 Å². The highest BCUT2D eigenvalue weighted by Gasteiger charge is 2.49. The Bertz CT molecular complexity index is 938. The molecule has 152 valence electrons. The average molecular weight is 392 g/mol. The Morgan fingerprint density at radius 3 is 2.28 bits per heavy atom.